The lowest BCUT2D eigenvalue weighted by molar-refractivity contribution is 0.147. The SMILES string of the molecule is CCO[P+](COc1cc(Cl)c2c(c1)CCC2c1cc(C(C)C)c(O)cc1F)(OC)OCC. The molecule has 32 heavy (non-hydrogen) atoms. The summed E-state index contributed by atoms with van der Waals surface area (Å²) < 4.78 is 37.8. The predicted octanol–water partition coefficient (Wildman–Crippen LogP) is 7.20. The highest BCUT2D eigenvalue weighted by Crippen LogP contribution is 2.61. The molecule has 2 aromatic rings. The van der Waals surface area contributed by atoms with E-state index in [1.54, 1.807) is 19.2 Å². The minimum Gasteiger partial charge on any atom is -0.508 e. The third kappa shape index (κ3) is 5.21. The van der Waals surface area contributed by atoms with Gasteiger partial charge >= 0.3 is 7.94 Å². The average Bonchev–Trinajstić information content (AvgIpc) is 3.16. The molecule has 0 spiro atoms. The summed E-state index contributed by atoms with van der Waals surface area (Å²) in [5.74, 6) is 0.0972. The minimum absolute atomic E-state index is 0.0112. The van der Waals surface area contributed by atoms with E-state index >= 15 is 0 Å². The van der Waals surface area contributed by atoms with Crippen LogP contribution in [0.1, 0.15) is 68.2 Å². The van der Waals surface area contributed by atoms with Crippen molar-refractivity contribution >= 4 is 19.5 Å². The van der Waals surface area contributed by atoms with Crippen molar-refractivity contribution in [3.63, 3.8) is 0 Å². The van der Waals surface area contributed by atoms with Crippen molar-refractivity contribution in [3.8, 4) is 11.5 Å². The average molecular weight is 486 g/mol. The molecule has 0 fully saturated rings. The number of benzene rings is 2. The Morgan fingerprint density at radius 1 is 1.16 bits per heavy atom. The first-order valence-electron chi connectivity index (χ1n) is 11.0. The highest BCUT2D eigenvalue weighted by atomic mass is 35.5. The van der Waals surface area contributed by atoms with E-state index < -0.39 is 13.8 Å². The Bertz CT molecular complexity index is 946. The van der Waals surface area contributed by atoms with Crippen LogP contribution in [-0.2, 0) is 20.0 Å². The topological polar surface area (TPSA) is 57.2 Å². The summed E-state index contributed by atoms with van der Waals surface area (Å²) in [5.41, 5.74) is 3.25. The Hall–Kier alpha value is -1.43. The van der Waals surface area contributed by atoms with Gasteiger partial charge in [0.1, 0.15) is 17.3 Å². The molecule has 1 unspecified atom stereocenters. The van der Waals surface area contributed by atoms with Crippen molar-refractivity contribution in [1.82, 2.24) is 0 Å². The van der Waals surface area contributed by atoms with Gasteiger partial charge in [-0.15, -0.1) is 0 Å². The van der Waals surface area contributed by atoms with E-state index in [0.29, 0.717) is 29.5 Å². The van der Waals surface area contributed by atoms with Gasteiger partial charge in [0.2, 0.25) is 0 Å². The molecule has 0 heterocycles. The molecular formula is C24H32ClFO5P+. The van der Waals surface area contributed by atoms with Crippen LogP contribution in [0.3, 0.4) is 0 Å². The number of phenolic OH excluding ortho intramolecular Hbond substituents is 1. The lowest BCUT2D eigenvalue weighted by Crippen LogP contribution is -2.13. The molecule has 0 aliphatic heterocycles. The summed E-state index contributed by atoms with van der Waals surface area (Å²) in [6, 6.07) is 6.69. The molecule has 0 amide bonds. The molecule has 1 atom stereocenters. The standard InChI is InChI=1S/C24H31ClFO5P/c1-6-30-32(28-5,31-7-2)14-29-17-10-16-8-9-18(24(16)21(25)11-17)20-12-19(15(3)4)23(27)13-22(20)26/h10-13,15,18H,6-9,14H2,1-5H3/p+1. The van der Waals surface area contributed by atoms with Gasteiger partial charge in [0, 0.05) is 17.0 Å². The Morgan fingerprint density at radius 3 is 2.44 bits per heavy atom. The van der Waals surface area contributed by atoms with Gasteiger partial charge in [-0.3, -0.25) is 0 Å². The maximum Gasteiger partial charge on any atom is 0.451 e. The van der Waals surface area contributed by atoms with E-state index in [2.05, 4.69) is 0 Å². The Kier molecular flexibility index (Phi) is 8.40. The number of aromatic hydroxyl groups is 1. The van der Waals surface area contributed by atoms with Crippen LogP contribution < -0.4 is 4.74 Å². The van der Waals surface area contributed by atoms with Crippen molar-refractivity contribution in [2.24, 2.45) is 0 Å². The first kappa shape index (κ1) is 25.2. The van der Waals surface area contributed by atoms with Gasteiger partial charge in [-0.25, -0.2) is 4.39 Å². The molecule has 8 heteroatoms. The number of halogens is 2. The monoisotopic (exact) mass is 485 g/mol. The van der Waals surface area contributed by atoms with Crippen LogP contribution in [0.25, 0.3) is 0 Å². The molecule has 5 nitrogen and oxygen atoms in total. The van der Waals surface area contributed by atoms with Crippen LogP contribution in [0.4, 0.5) is 4.39 Å². The summed E-state index contributed by atoms with van der Waals surface area (Å²) in [4.78, 5) is 0. The summed E-state index contributed by atoms with van der Waals surface area (Å²) in [5, 5.41) is 10.7. The van der Waals surface area contributed by atoms with Crippen LogP contribution in [0.5, 0.6) is 11.5 Å². The molecule has 3 rings (SSSR count). The zero-order valence-corrected chi connectivity index (χ0v) is 20.9. The summed E-state index contributed by atoms with van der Waals surface area (Å²) >= 11 is 6.68. The zero-order chi connectivity index (χ0) is 23.5. The molecule has 0 radical (unpaired) electrons. The first-order chi connectivity index (χ1) is 15.2. The van der Waals surface area contributed by atoms with Gasteiger partial charge < -0.3 is 9.84 Å². The Morgan fingerprint density at radius 2 is 1.84 bits per heavy atom. The minimum atomic E-state index is -2.60. The van der Waals surface area contributed by atoms with Crippen LogP contribution in [-0.4, -0.2) is 31.8 Å². The van der Waals surface area contributed by atoms with Crippen molar-refractivity contribution in [1.29, 1.82) is 0 Å². The fraction of sp³-hybridized carbons (Fsp3) is 0.500. The predicted molar refractivity (Wildman–Crippen MR) is 126 cm³/mol. The highest BCUT2D eigenvalue weighted by molar-refractivity contribution is 7.61. The zero-order valence-electron chi connectivity index (χ0n) is 19.3. The van der Waals surface area contributed by atoms with Gasteiger partial charge in [0.05, 0.1) is 20.3 Å². The summed E-state index contributed by atoms with van der Waals surface area (Å²) in [6.45, 7) is 8.62. The first-order valence-corrected chi connectivity index (χ1v) is 13.1. The smallest absolute Gasteiger partial charge is 0.451 e. The second kappa shape index (κ2) is 10.7. The quantitative estimate of drug-likeness (QED) is 0.360. The molecule has 2 aromatic carbocycles. The highest BCUT2D eigenvalue weighted by Gasteiger charge is 2.45. The van der Waals surface area contributed by atoms with Crippen molar-refractivity contribution in [3.05, 3.63) is 57.4 Å². The molecule has 0 saturated heterocycles. The third-order valence-electron chi connectivity index (χ3n) is 5.70. The fourth-order valence-corrected chi connectivity index (χ4v) is 6.22. The van der Waals surface area contributed by atoms with Crippen molar-refractivity contribution in [2.45, 2.75) is 52.4 Å². The largest absolute Gasteiger partial charge is 0.508 e. The summed E-state index contributed by atoms with van der Waals surface area (Å²) in [7, 11) is -1.05. The number of ether oxygens (including phenoxy) is 1. The molecule has 1 aliphatic rings. The molecule has 0 bridgehead atoms. The van der Waals surface area contributed by atoms with E-state index in [0.717, 1.165) is 29.5 Å². The van der Waals surface area contributed by atoms with E-state index in [9.17, 15) is 9.50 Å². The van der Waals surface area contributed by atoms with Gasteiger partial charge in [0.25, 0.3) is 6.35 Å². The van der Waals surface area contributed by atoms with Gasteiger partial charge in [-0.1, -0.05) is 25.4 Å². The number of aryl methyl sites for hydroxylation is 1. The van der Waals surface area contributed by atoms with Crippen LogP contribution in [0.15, 0.2) is 24.3 Å². The van der Waals surface area contributed by atoms with Crippen molar-refractivity contribution in [2.75, 3.05) is 26.7 Å². The molecular weight excluding hydrogens is 454 g/mol. The summed E-state index contributed by atoms with van der Waals surface area (Å²) in [6.07, 6.45) is 1.65. The second-order valence-electron chi connectivity index (χ2n) is 8.06. The molecule has 176 valence electrons. The molecule has 0 saturated carbocycles. The number of hydrogen-bond acceptors (Lipinski definition) is 5. The molecule has 1 aliphatic carbocycles. The van der Waals surface area contributed by atoms with Crippen LogP contribution in [0, 0.1) is 5.82 Å². The van der Waals surface area contributed by atoms with Gasteiger partial charge in [0.15, 0.2) is 0 Å². The van der Waals surface area contributed by atoms with Crippen LogP contribution >= 0.6 is 19.5 Å². The van der Waals surface area contributed by atoms with Crippen LogP contribution in [0.2, 0.25) is 5.02 Å². The van der Waals surface area contributed by atoms with E-state index in [-0.39, 0.29) is 23.9 Å². The van der Waals surface area contributed by atoms with Crippen molar-refractivity contribution < 1.29 is 27.8 Å². The maximum absolute atomic E-state index is 14.8. The van der Waals surface area contributed by atoms with E-state index in [1.807, 2.05) is 33.8 Å². The molecule has 0 aromatic heterocycles. The maximum atomic E-state index is 14.8. The normalized spacial score (nSPS) is 15.9. The van der Waals surface area contributed by atoms with Gasteiger partial charge in [-0.05, 0) is 73.1 Å². The fourth-order valence-electron chi connectivity index (χ4n) is 4.23. The number of phenols is 1. The number of fused-ring (bicyclic) bond motifs is 1. The lowest BCUT2D eigenvalue weighted by Gasteiger charge is -2.21. The number of rotatable bonds is 10. The third-order valence-corrected chi connectivity index (χ3v) is 8.32. The van der Waals surface area contributed by atoms with Gasteiger partial charge in [-0.2, -0.15) is 13.6 Å². The lowest BCUT2D eigenvalue weighted by atomic mass is 9.89. The Labute approximate surface area is 195 Å². The molecule has 1 N–H and O–H groups in total. The number of hydrogen-bond donors (Lipinski definition) is 1. The Balaban J connectivity index is 1.88. The van der Waals surface area contributed by atoms with E-state index in [1.165, 1.54) is 6.07 Å². The second-order valence-corrected chi connectivity index (χ2v) is 10.8. The van der Waals surface area contributed by atoms with E-state index in [4.69, 9.17) is 29.9 Å².